The summed E-state index contributed by atoms with van der Waals surface area (Å²) in [5.74, 6) is 1.03. The maximum Gasteiger partial charge on any atom is 0.272 e. The Morgan fingerprint density at radius 3 is 2.41 bits per heavy atom. The van der Waals surface area contributed by atoms with Crippen molar-refractivity contribution in [3.05, 3.63) is 89.7 Å². The summed E-state index contributed by atoms with van der Waals surface area (Å²) in [7, 11) is 0. The first kappa shape index (κ1) is 23.7. The summed E-state index contributed by atoms with van der Waals surface area (Å²) < 4.78 is 0. The fraction of sp³-hybridized carbons (Fsp3) is 0.250. The zero-order valence-corrected chi connectivity index (χ0v) is 20.1. The Kier molecular flexibility index (Phi) is 7.13. The number of pyridine rings is 2. The minimum absolute atomic E-state index is 0. The second-order valence-corrected chi connectivity index (χ2v) is 8.63. The van der Waals surface area contributed by atoms with Gasteiger partial charge in [0, 0.05) is 29.6 Å². The van der Waals surface area contributed by atoms with Crippen molar-refractivity contribution in [2.45, 2.75) is 32.1 Å². The molecule has 2 N–H and O–H groups in total. The van der Waals surface area contributed by atoms with Crippen molar-refractivity contribution >= 4 is 35.0 Å². The van der Waals surface area contributed by atoms with E-state index in [2.05, 4.69) is 36.2 Å². The number of carbonyl (C=O) groups excluding carboxylic acids is 1. The summed E-state index contributed by atoms with van der Waals surface area (Å²) in [4.78, 5) is 24.6. The number of nitrogen functional groups attached to an aromatic ring is 1. The van der Waals surface area contributed by atoms with Crippen LogP contribution in [0, 0.1) is 0 Å². The second-order valence-electron chi connectivity index (χ2n) is 8.63. The Labute approximate surface area is 206 Å². The summed E-state index contributed by atoms with van der Waals surface area (Å²) in [6, 6.07) is 24.3. The van der Waals surface area contributed by atoms with Gasteiger partial charge in [0.15, 0.2) is 0 Å². The Balaban J connectivity index is 0.00000274. The van der Waals surface area contributed by atoms with Crippen LogP contribution >= 0.6 is 12.4 Å². The SMILES string of the molecule is CCc1nc(N)ccc1-c1cccc2ccc(C(=O)N3CCC(c4ccccc4)CC3)nc12.Cl. The van der Waals surface area contributed by atoms with Gasteiger partial charge in [0.1, 0.15) is 11.5 Å². The lowest BCUT2D eigenvalue weighted by molar-refractivity contribution is 0.0707. The van der Waals surface area contributed by atoms with Crippen LogP contribution in [-0.2, 0) is 6.42 Å². The van der Waals surface area contributed by atoms with Gasteiger partial charge in [-0.1, -0.05) is 61.5 Å². The Morgan fingerprint density at radius 1 is 0.912 bits per heavy atom. The highest BCUT2D eigenvalue weighted by Crippen LogP contribution is 2.32. The number of anilines is 1. The van der Waals surface area contributed by atoms with Crippen molar-refractivity contribution in [3.8, 4) is 11.1 Å². The monoisotopic (exact) mass is 472 g/mol. The van der Waals surface area contributed by atoms with E-state index in [-0.39, 0.29) is 18.3 Å². The Hall–Kier alpha value is -3.44. The summed E-state index contributed by atoms with van der Waals surface area (Å²) in [5.41, 5.74) is 11.5. The van der Waals surface area contributed by atoms with Crippen LogP contribution in [0.3, 0.4) is 0 Å². The van der Waals surface area contributed by atoms with E-state index in [4.69, 9.17) is 10.7 Å². The van der Waals surface area contributed by atoms with Gasteiger partial charge in [0.2, 0.25) is 0 Å². The number of nitrogens with two attached hydrogens (primary N) is 1. The molecule has 0 bridgehead atoms. The third kappa shape index (κ3) is 4.62. The molecule has 174 valence electrons. The van der Waals surface area contributed by atoms with E-state index in [1.807, 2.05) is 53.4 Å². The van der Waals surface area contributed by atoms with Crippen molar-refractivity contribution in [2.75, 3.05) is 18.8 Å². The van der Waals surface area contributed by atoms with Crippen LogP contribution in [0.25, 0.3) is 22.0 Å². The van der Waals surface area contributed by atoms with E-state index in [1.165, 1.54) is 5.56 Å². The number of aryl methyl sites for hydroxylation is 1. The zero-order valence-electron chi connectivity index (χ0n) is 19.3. The maximum absolute atomic E-state index is 13.3. The molecule has 2 aromatic carbocycles. The van der Waals surface area contributed by atoms with E-state index in [9.17, 15) is 4.79 Å². The van der Waals surface area contributed by atoms with E-state index in [0.717, 1.165) is 60.1 Å². The predicted octanol–water partition coefficient (Wildman–Crippen LogP) is 5.88. The van der Waals surface area contributed by atoms with Crippen LogP contribution in [0.4, 0.5) is 5.82 Å². The number of amides is 1. The molecule has 1 saturated heterocycles. The molecule has 1 fully saturated rings. The predicted molar refractivity (Wildman–Crippen MR) is 140 cm³/mol. The molecule has 0 radical (unpaired) electrons. The standard InChI is InChI=1S/C28H28N4O.ClH/c1-2-24-22(12-14-26(29)30-24)23-10-6-9-21-11-13-25(31-27(21)23)28(33)32-17-15-20(16-18-32)19-7-4-3-5-8-19;/h3-14,20H,2,15-18H2,1H3,(H2,29,30);1H. The van der Waals surface area contributed by atoms with Crippen LogP contribution < -0.4 is 5.73 Å². The third-order valence-electron chi connectivity index (χ3n) is 6.61. The number of para-hydroxylation sites is 1. The smallest absolute Gasteiger partial charge is 0.272 e. The lowest BCUT2D eigenvalue weighted by Gasteiger charge is -2.32. The molecule has 2 aromatic heterocycles. The zero-order chi connectivity index (χ0) is 22.8. The summed E-state index contributed by atoms with van der Waals surface area (Å²) in [5, 5.41) is 1.01. The molecule has 5 nitrogen and oxygen atoms in total. The fourth-order valence-electron chi connectivity index (χ4n) is 4.82. The number of aromatic nitrogens is 2. The van der Waals surface area contributed by atoms with Crippen LogP contribution in [0.15, 0.2) is 72.8 Å². The average Bonchev–Trinajstić information content (AvgIpc) is 2.88. The molecule has 34 heavy (non-hydrogen) atoms. The highest BCUT2D eigenvalue weighted by molar-refractivity contribution is 5.99. The molecule has 4 aromatic rings. The number of hydrogen-bond donors (Lipinski definition) is 1. The number of nitrogens with zero attached hydrogens (tertiary/aromatic N) is 3. The molecular weight excluding hydrogens is 444 g/mol. The Bertz CT molecular complexity index is 1300. The first-order valence-electron chi connectivity index (χ1n) is 11.6. The number of likely N-dealkylation sites (tertiary alicyclic amines) is 1. The second kappa shape index (κ2) is 10.2. The molecule has 1 amide bonds. The number of hydrogen-bond acceptors (Lipinski definition) is 4. The molecule has 6 heteroatoms. The molecule has 0 atom stereocenters. The Morgan fingerprint density at radius 2 is 1.68 bits per heavy atom. The third-order valence-corrected chi connectivity index (χ3v) is 6.61. The van der Waals surface area contributed by atoms with Crippen LogP contribution in [0.5, 0.6) is 0 Å². The molecule has 5 rings (SSSR count). The highest BCUT2D eigenvalue weighted by atomic mass is 35.5. The van der Waals surface area contributed by atoms with Crippen molar-refractivity contribution < 1.29 is 4.79 Å². The first-order chi connectivity index (χ1) is 16.1. The van der Waals surface area contributed by atoms with Crippen molar-refractivity contribution in [1.82, 2.24) is 14.9 Å². The van der Waals surface area contributed by atoms with Gasteiger partial charge in [-0.25, -0.2) is 9.97 Å². The van der Waals surface area contributed by atoms with E-state index >= 15 is 0 Å². The molecular formula is C28H29ClN4O. The lowest BCUT2D eigenvalue weighted by Crippen LogP contribution is -2.38. The molecule has 0 unspecified atom stereocenters. The number of halogens is 1. The number of fused-ring (bicyclic) bond motifs is 1. The van der Waals surface area contributed by atoms with Gasteiger partial charge in [-0.2, -0.15) is 0 Å². The van der Waals surface area contributed by atoms with Crippen LogP contribution in [0.1, 0.15) is 47.4 Å². The minimum Gasteiger partial charge on any atom is -0.384 e. The van der Waals surface area contributed by atoms with Gasteiger partial charge in [-0.05, 0) is 48.9 Å². The van der Waals surface area contributed by atoms with Crippen molar-refractivity contribution in [1.29, 1.82) is 0 Å². The van der Waals surface area contributed by atoms with E-state index in [1.54, 1.807) is 0 Å². The maximum atomic E-state index is 13.3. The molecule has 0 aliphatic carbocycles. The normalized spacial score (nSPS) is 14.1. The molecule has 1 aliphatic rings. The quantitative estimate of drug-likeness (QED) is 0.402. The molecule has 0 saturated carbocycles. The number of benzene rings is 2. The number of piperidine rings is 1. The lowest BCUT2D eigenvalue weighted by atomic mass is 9.89. The van der Waals surface area contributed by atoms with Crippen molar-refractivity contribution in [3.63, 3.8) is 0 Å². The molecule has 0 spiro atoms. The van der Waals surface area contributed by atoms with E-state index < -0.39 is 0 Å². The first-order valence-corrected chi connectivity index (χ1v) is 11.6. The summed E-state index contributed by atoms with van der Waals surface area (Å²) in [6.07, 6.45) is 2.73. The van der Waals surface area contributed by atoms with Gasteiger partial charge in [0.05, 0.1) is 11.2 Å². The minimum atomic E-state index is 0. The van der Waals surface area contributed by atoms with Gasteiger partial charge >= 0.3 is 0 Å². The summed E-state index contributed by atoms with van der Waals surface area (Å²) in [6.45, 7) is 3.57. The molecule has 1 aliphatic heterocycles. The van der Waals surface area contributed by atoms with Gasteiger partial charge in [-0.3, -0.25) is 4.79 Å². The fourth-order valence-corrected chi connectivity index (χ4v) is 4.82. The van der Waals surface area contributed by atoms with Gasteiger partial charge < -0.3 is 10.6 Å². The largest absolute Gasteiger partial charge is 0.384 e. The van der Waals surface area contributed by atoms with E-state index in [0.29, 0.717) is 17.4 Å². The van der Waals surface area contributed by atoms with Gasteiger partial charge in [0.25, 0.3) is 5.91 Å². The number of carbonyl (C=O) groups is 1. The van der Waals surface area contributed by atoms with Crippen molar-refractivity contribution in [2.24, 2.45) is 0 Å². The average molecular weight is 473 g/mol. The van der Waals surface area contributed by atoms with Gasteiger partial charge in [-0.15, -0.1) is 12.4 Å². The highest BCUT2D eigenvalue weighted by Gasteiger charge is 2.25. The summed E-state index contributed by atoms with van der Waals surface area (Å²) >= 11 is 0. The topological polar surface area (TPSA) is 72.1 Å². The molecule has 3 heterocycles. The van der Waals surface area contributed by atoms with Crippen LogP contribution in [0.2, 0.25) is 0 Å². The number of rotatable bonds is 4. The van der Waals surface area contributed by atoms with Crippen LogP contribution in [-0.4, -0.2) is 33.9 Å².